The third kappa shape index (κ3) is 3.25. The van der Waals surface area contributed by atoms with Crippen molar-refractivity contribution in [2.45, 2.75) is 33.7 Å². The van der Waals surface area contributed by atoms with Gasteiger partial charge in [-0.25, -0.2) is 0 Å². The summed E-state index contributed by atoms with van der Waals surface area (Å²) in [5, 5.41) is 16.1. The number of H-pyrrole nitrogens is 1. The molecule has 7 heteroatoms. The highest BCUT2D eigenvalue weighted by Crippen LogP contribution is 2.26. The van der Waals surface area contributed by atoms with E-state index in [9.17, 15) is 4.79 Å². The van der Waals surface area contributed by atoms with Crippen LogP contribution in [0.15, 0.2) is 29.2 Å². The second-order valence-electron chi connectivity index (χ2n) is 5.67. The van der Waals surface area contributed by atoms with Gasteiger partial charge in [0.05, 0.1) is 10.9 Å². The highest BCUT2D eigenvalue weighted by Gasteiger charge is 2.16. The van der Waals surface area contributed by atoms with Crippen LogP contribution in [0.3, 0.4) is 0 Å². The second kappa shape index (κ2) is 8.44. The summed E-state index contributed by atoms with van der Waals surface area (Å²) < 4.78 is 1.74. The first-order valence-corrected chi connectivity index (χ1v) is 8.76. The van der Waals surface area contributed by atoms with E-state index in [1.165, 1.54) is 12.4 Å². The fourth-order valence-electron chi connectivity index (χ4n) is 2.97. The lowest BCUT2D eigenvalue weighted by Crippen LogP contribution is -2.22. The van der Waals surface area contributed by atoms with Crippen molar-refractivity contribution in [3.63, 3.8) is 0 Å². The molecule has 0 atom stereocenters. The quantitative estimate of drug-likeness (QED) is 0.525. The topological polar surface area (TPSA) is 127 Å². The second-order valence-corrected chi connectivity index (χ2v) is 5.67. The molecule has 3 aromatic rings. The van der Waals surface area contributed by atoms with Crippen LogP contribution >= 0.6 is 0 Å². The summed E-state index contributed by atoms with van der Waals surface area (Å²) in [6.45, 7) is 6.90. The van der Waals surface area contributed by atoms with Crippen LogP contribution in [0.4, 0.5) is 0 Å². The minimum Gasteiger partial charge on any atom is -0.404 e. The van der Waals surface area contributed by atoms with Gasteiger partial charge in [0.2, 0.25) is 0 Å². The Balaban J connectivity index is 0.00000117. The highest BCUT2D eigenvalue weighted by atomic mass is 16.1. The summed E-state index contributed by atoms with van der Waals surface area (Å²) in [6, 6.07) is 5.65. The van der Waals surface area contributed by atoms with Gasteiger partial charge in [-0.2, -0.15) is 5.10 Å². The van der Waals surface area contributed by atoms with E-state index in [-0.39, 0.29) is 5.56 Å². The molecule has 0 aliphatic rings. The molecule has 0 aliphatic carbocycles. The van der Waals surface area contributed by atoms with Crippen molar-refractivity contribution < 1.29 is 0 Å². The molecule has 0 bridgehead atoms. The zero-order valence-corrected chi connectivity index (χ0v) is 15.5. The molecule has 26 heavy (non-hydrogen) atoms. The molecule has 0 aliphatic heterocycles. The Labute approximate surface area is 152 Å². The standard InChI is InChI=1S/C17H20N6O.C2H6/c1-10-15-16(22-21-10)13-7-11(12(8-19)9-20)3-4-14(13)23(17(15)24)6-2-5-18;1-2/h3-4,7-9,19H,2,5-6,18,20H2,1H3,(H,21,22);1-2H3/b12-9+,19-8?;. The molecular formula is C19H26N6O. The zero-order valence-electron chi connectivity index (χ0n) is 15.5. The maximum Gasteiger partial charge on any atom is 0.262 e. The molecule has 0 fully saturated rings. The number of aryl methyl sites for hydroxylation is 2. The molecule has 0 radical (unpaired) electrons. The molecule has 0 unspecified atom stereocenters. The van der Waals surface area contributed by atoms with Gasteiger partial charge >= 0.3 is 0 Å². The van der Waals surface area contributed by atoms with E-state index in [0.29, 0.717) is 36.0 Å². The summed E-state index contributed by atoms with van der Waals surface area (Å²) in [5.74, 6) is 0. The molecule has 6 N–H and O–H groups in total. The van der Waals surface area contributed by atoms with Crippen molar-refractivity contribution in [3.05, 3.63) is 46.0 Å². The Morgan fingerprint density at radius 2 is 2.12 bits per heavy atom. The number of pyridine rings is 1. The molecule has 3 rings (SSSR count). The van der Waals surface area contributed by atoms with E-state index in [1.807, 2.05) is 39.0 Å². The molecule has 0 spiro atoms. The minimum absolute atomic E-state index is 0.0633. The van der Waals surface area contributed by atoms with Gasteiger partial charge in [0.15, 0.2) is 0 Å². The fraction of sp³-hybridized carbons (Fsp3) is 0.316. The Morgan fingerprint density at radius 3 is 2.73 bits per heavy atom. The van der Waals surface area contributed by atoms with Crippen LogP contribution < -0.4 is 17.0 Å². The Bertz CT molecular complexity index is 1010. The number of rotatable bonds is 5. The number of hydrogen-bond acceptors (Lipinski definition) is 5. The monoisotopic (exact) mass is 354 g/mol. The largest absolute Gasteiger partial charge is 0.404 e. The van der Waals surface area contributed by atoms with Gasteiger partial charge in [-0.05, 0) is 37.6 Å². The summed E-state index contributed by atoms with van der Waals surface area (Å²) in [6.07, 6.45) is 3.32. The first kappa shape index (κ1) is 19.4. The van der Waals surface area contributed by atoms with Gasteiger partial charge in [0.25, 0.3) is 5.56 Å². The molecule has 138 valence electrons. The summed E-state index contributed by atoms with van der Waals surface area (Å²) in [5.41, 5.74) is 14.7. The number of fused-ring (bicyclic) bond motifs is 3. The average molecular weight is 354 g/mol. The molecule has 1 aromatic carbocycles. The van der Waals surface area contributed by atoms with Crippen molar-refractivity contribution in [1.29, 1.82) is 5.41 Å². The van der Waals surface area contributed by atoms with Crippen LogP contribution in [-0.4, -0.2) is 27.5 Å². The molecule has 0 amide bonds. The predicted molar refractivity (Wildman–Crippen MR) is 109 cm³/mol. The Hall–Kier alpha value is -2.93. The normalized spacial score (nSPS) is 11.5. The van der Waals surface area contributed by atoms with E-state index in [1.54, 1.807) is 4.57 Å². The third-order valence-electron chi connectivity index (χ3n) is 4.20. The maximum atomic E-state index is 12.9. The van der Waals surface area contributed by atoms with Crippen LogP contribution in [-0.2, 0) is 6.54 Å². The number of benzene rings is 1. The van der Waals surface area contributed by atoms with Gasteiger partial charge in [0, 0.05) is 35.6 Å². The highest BCUT2D eigenvalue weighted by molar-refractivity contribution is 6.11. The van der Waals surface area contributed by atoms with Gasteiger partial charge < -0.3 is 21.4 Å². The summed E-state index contributed by atoms with van der Waals surface area (Å²) >= 11 is 0. The lowest BCUT2D eigenvalue weighted by molar-refractivity contribution is 0.654. The van der Waals surface area contributed by atoms with Crippen molar-refractivity contribution in [2.24, 2.45) is 11.5 Å². The van der Waals surface area contributed by atoms with Crippen LogP contribution in [0, 0.1) is 12.3 Å². The maximum absolute atomic E-state index is 12.9. The number of aromatic nitrogens is 3. The zero-order chi connectivity index (χ0) is 19.3. The molecular weight excluding hydrogens is 328 g/mol. The average Bonchev–Trinajstić information content (AvgIpc) is 3.06. The van der Waals surface area contributed by atoms with E-state index in [2.05, 4.69) is 10.2 Å². The van der Waals surface area contributed by atoms with Gasteiger partial charge in [-0.15, -0.1) is 0 Å². The predicted octanol–water partition coefficient (Wildman–Crippen LogP) is 2.51. The SMILES string of the molecule is CC.Cc1[nH]nc2c1c(=O)n(CCCN)c1ccc(/C(C=N)=C/N)cc21. The van der Waals surface area contributed by atoms with Crippen LogP contribution in [0.1, 0.15) is 31.5 Å². The number of allylic oxidation sites excluding steroid dienone is 1. The smallest absolute Gasteiger partial charge is 0.262 e. The number of nitrogens with one attached hydrogen (secondary N) is 2. The minimum atomic E-state index is -0.0633. The molecule has 0 saturated heterocycles. The van der Waals surface area contributed by atoms with Crippen LogP contribution in [0.25, 0.3) is 27.4 Å². The first-order chi connectivity index (χ1) is 12.6. The molecule has 2 aromatic heterocycles. The first-order valence-electron chi connectivity index (χ1n) is 8.76. The molecule has 7 nitrogen and oxygen atoms in total. The van der Waals surface area contributed by atoms with Gasteiger partial charge in [0.1, 0.15) is 5.52 Å². The summed E-state index contributed by atoms with van der Waals surface area (Å²) in [7, 11) is 0. The van der Waals surface area contributed by atoms with Crippen LogP contribution in [0.5, 0.6) is 0 Å². The summed E-state index contributed by atoms with van der Waals surface area (Å²) in [4.78, 5) is 12.9. The van der Waals surface area contributed by atoms with Crippen LogP contribution in [0.2, 0.25) is 0 Å². The van der Waals surface area contributed by atoms with Crippen molar-refractivity contribution in [2.75, 3.05) is 6.54 Å². The van der Waals surface area contributed by atoms with Crippen molar-refractivity contribution in [3.8, 4) is 0 Å². The molecule has 0 saturated carbocycles. The number of aromatic amines is 1. The lowest BCUT2D eigenvalue weighted by Gasteiger charge is -2.12. The Kier molecular flexibility index (Phi) is 6.30. The van der Waals surface area contributed by atoms with E-state index >= 15 is 0 Å². The van der Waals surface area contributed by atoms with E-state index in [4.69, 9.17) is 16.9 Å². The molecule has 2 heterocycles. The van der Waals surface area contributed by atoms with Crippen molar-refractivity contribution >= 4 is 33.6 Å². The Morgan fingerprint density at radius 1 is 1.38 bits per heavy atom. The lowest BCUT2D eigenvalue weighted by atomic mass is 10.0. The number of nitrogens with two attached hydrogens (primary N) is 2. The van der Waals surface area contributed by atoms with E-state index < -0.39 is 0 Å². The number of nitrogens with zero attached hydrogens (tertiary/aromatic N) is 2. The van der Waals surface area contributed by atoms with Crippen molar-refractivity contribution in [1.82, 2.24) is 14.8 Å². The number of hydrogen-bond donors (Lipinski definition) is 4. The van der Waals surface area contributed by atoms with E-state index in [0.717, 1.165) is 22.2 Å². The third-order valence-corrected chi connectivity index (χ3v) is 4.20. The van der Waals surface area contributed by atoms with Gasteiger partial charge in [-0.1, -0.05) is 19.9 Å². The van der Waals surface area contributed by atoms with Gasteiger partial charge in [-0.3, -0.25) is 9.89 Å². The fourth-order valence-corrected chi connectivity index (χ4v) is 2.97.